The Hall–Kier alpha value is -3.79. The van der Waals surface area contributed by atoms with E-state index >= 15 is 0 Å². The van der Waals surface area contributed by atoms with Crippen molar-refractivity contribution in [3.8, 4) is 11.4 Å². The lowest BCUT2D eigenvalue weighted by Crippen LogP contribution is -2.51. The lowest BCUT2D eigenvalue weighted by molar-refractivity contribution is -0.120. The minimum atomic E-state index is -0.669. The summed E-state index contributed by atoms with van der Waals surface area (Å²) in [5, 5.41) is 9.77. The first-order valence-corrected chi connectivity index (χ1v) is 13.0. The first kappa shape index (κ1) is 22.4. The molecule has 190 valence electrons. The number of amides is 1. The summed E-state index contributed by atoms with van der Waals surface area (Å²) in [6.07, 6.45) is 8.43. The molecule has 2 atom stereocenters. The van der Waals surface area contributed by atoms with Crippen molar-refractivity contribution in [2.24, 2.45) is 17.6 Å². The molecule has 3 fully saturated rings. The quantitative estimate of drug-likeness (QED) is 0.431. The van der Waals surface area contributed by atoms with Crippen molar-refractivity contribution in [1.82, 2.24) is 29.5 Å². The molecule has 2 unspecified atom stereocenters. The maximum atomic E-state index is 12.2. The minimum absolute atomic E-state index is 0.323. The molecule has 6 heterocycles. The zero-order valence-electron chi connectivity index (χ0n) is 21.2. The minimum Gasteiger partial charge on any atom is -0.373 e. The van der Waals surface area contributed by atoms with Gasteiger partial charge < -0.3 is 20.9 Å². The highest BCUT2D eigenvalue weighted by atomic mass is 16.1. The van der Waals surface area contributed by atoms with Crippen LogP contribution in [-0.2, 0) is 10.2 Å². The number of anilines is 2. The van der Waals surface area contributed by atoms with Gasteiger partial charge in [0.05, 0.1) is 23.0 Å². The molecule has 1 aliphatic carbocycles. The molecule has 3 aliphatic rings. The molecule has 1 amide bonds. The van der Waals surface area contributed by atoms with E-state index in [-0.39, 0.29) is 5.91 Å². The van der Waals surface area contributed by atoms with Gasteiger partial charge in [-0.3, -0.25) is 9.78 Å². The predicted octanol–water partition coefficient (Wildman–Crippen LogP) is 2.29. The number of nitrogens with zero attached hydrogens (tertiary/aromatic N) is 7. The Morgan fingerprint density at radius 1 is 1.08 bits per heavy atom. The number of likely N-dealkylation sites (tertiary alicyclic amines) is 1. The standard InChI is InChI=1S/C27H31N9O/c1-29-24-20-9-30-22(27(5-6-27)26(28)37)8-19(20)21(10-31-24)25-32-23-4-3-18(15-36(23)33-25)35-13-16-7-17(14-35)12-34(2)11-16/h3-4,8-10,15-17H,5-7,11-14H2,1-2H3,(H2,28,37)(H,29,31). The summed E-state index contributed by atoms with van der Waals surface area (Å²) in [6, 6.07) is 6.16. The van der Waals surface area contributed by atoms with Gasteiger partial charge in [-0.1, -0.05) is 0 Å². The van der Waals surface area contributed by atoms with Crippen molar-refractivity contribution in [3.05, 3.63) is 42.5 Å². The molecule has 0 spiro atoms. The van der Waals surface area contributed by atoms with E-state index in [0.29, 0.717) is 29.2 Å². The number of piperidine rings is 2. The fourth-order valence-electron chi connectivity index (χ4n) is 6.45. The van der Waals surface area contributed by atoms with Gasteiger partial charge in [-0.15, -0.1) is 5.10 Å². The smallest absolute Gasteiger partial charge is 0.229 e. The van der Waals surface area contributed by atoms with Crippen LogP contribution in [0.2, 0.25) is 0 Å². The maximum Gasteiger partial charge on any atom is 0.229 e. The van der Waals surface area contributed by atoms with Gasteiger partial charge in [-0.2, -0.15) is 0 Å². The second kappa shape index (κ2) is 8.11. The summed E-state index contributed by atoms with van der Waals surface area (Å²) in [7, 11) is 4.06. The van der Waals surface area contributed by atoms with Crippen molar-refractivity contribution < 1.29 is 4.79 Å². The average molecular weight is 498 g/mol. The van der Waals surface area contributed by atoms with Gasteiger partial charge in [-0.05, 0) is 56.3 Å². The maximum absolute atomic E-state index is 12.2. The number of carbonyl (C=O) groups excluding carboxylic acids is 1. The number of nitrogens with two attached hydrogens (primary N) is 1. The Kier molecular flexibility index (Phi) is 4.91. The molecule has 10 nitrogen and oxygen atoms in total. The van der Waals surface area contributed by atoms with Crippen LogP contribution in [0.1, 0.15) is 25.0 Å². The van der Waals surface area contributed by atoms with Gasteiger partial charge in [0.1, 0.15) is 5.82 Å². The number of aromatic nitrogens is 5. The van der Waals surface area contributed by atoms with Crippen LogP contribution < -0.4 is 16.0 Å². The molecule has 10 heteroatoms. The van der Waals surface area contributed by atoms with E-state index in [2.05, 4.69) is 44.4 Å². The molecule has 37 heavy (non-hydrogen) atoms. The lowest BCUT2D eigenvalue weighted by Gasteiger charge is -2.45. The zero-order valence-corrected chi connectivity index (χ0v) is 21.2. The molecule has 4 aromatic rings. The Balaban J connectivity index is 1.28. The highest BCUT2D eigenvalue weighted by Gasteiger charge is 2.51. The molecule has 0 radical (unpaired) electrons. The first-order valence-electron chi connectivity index (χ1n) is 13.0. The summed E-state index contributed by atoms with van der Waals surface area (Å²) < 4.78 is 1.87. The van der Waals surface area contributed by atoms with Gasteiger partial charge in [0, 0.05) is 62.0 Å². The van der Waals surface area contributed by atoms with Crippen molar-refractivity contribution in [1.29, 1.82) is 0 Å². The summed E-state index contributed by atoms with van der Waals surface area (Å²) in [5.74, 6) is 2.40. The third-order valence-electron chi connectivity index (χ3n) is 8.41. The second-order valence-corrected chi connectivity index (χ2v) is 11.1. The highest BCUT2D eigenvalue weighted by Crippen LogP contribution is 2.48. The SMILES string of the molecule is CNc1ncc(-c2nc3ccc(N4CC5CC(CN(C)C5)C4)cn3n2)c2cc(C3(C(N)=O)CC3)ncc12. The Morgan fingerprint density at radius 2 is 1.86 bits per heavy atom. The molecule has 1 saturated carbocycles. The van der Waals surface area contributed by atoms with Crippen molar-refractivity contribution in [2.45, 2.75) is 24.7 Å². The van der Waals surface area contributed by atoms with Crippen LogP contribution in [0.15, 0.2) is 36.8 Å². The number of rotatable bonds is 5. The van der Waals surface area contributed by atoms with E-state index in [4.69, 9.17) is 15.8 Å². The summed E-state index contributed by atoms with van der Waals surface area (Å²) >= 11 is 0. The third-order valence-corrected chi connectivity index (χ3v) is 8.41. The van der Waals surface area contributed by atoms with Crippen molar-refractivity contribution in [2.75, 3.05) is 50.5 Å². The van der Waals surface area contributed by atoms with E-state index in [9.17, 15) is 4.79 Å². The number of hydrogen-bond acceptors (Lipinski definition) is 8. The van der Waals surface area contributed by atoms with Crippen LogP contribution in [0.3, 0.4) is 0 Å². The van der Waals surface area contributed by atoms with Crippen LogP contribution >= 0.6 is 0 Å². The predicted molar refractivity (Wildman–Crippen MR) is 142 cm³/mol. The summed E-state index contributed by atoms with van der Waals surface area (Å²) in [5.41, 5.74) is 8.54. The van der Waals surface area contributed by atoms with Crippen molar-refractivity contribution in [3.63, 3.8) is 0 Å². The molecule has 2 saturated heterocycles. The molecular weight excluding hydrogens is 466 g/mol. The number of carbonyl (C=O) groups is 1. The number of pyridine rings is 3. The Bertz CT molecular complexity index is 1520. The van der Waals surface area contributed by atoms with Crippen LogP contribution in [0.4, 0.5) is 11.5 Å². The molecule has 2 aliphatic heterocycles. The van der Waals surface area contributed by atoms with Crippen LogP contribution in [-0.4, -0.2) is 75.6 Å². The van der Waals surface area contributed by atoms with Gasteiger partial charge in [0.2, 0.25) is 5.91 Å². The van der Waals surface area contributed by atoms with E-state index in [1.54, 1.807) is 12.4 Å². The number of primary amides is 1. The van der Waals surface area contributed by atoms with Gasteiger partial charge in [0.25, 0.3) is 0 Å². The normalized spacial score (nSPS) is 22.9. The van der Waals surface area contributed by atoms with E-state index in [1.165, 1.54) is 25.2 Å². The topological polar surface area (TPSA) is 118 Å². The number of hydrogen-bond donors (Lipinski definition) is 2. The van der Waals surface area contributed by atoms with E-state index in [1.807, 2.05) is 23.7 Å². The largest absolute Gasteiger partial charge is 0.373 e. The second-order valence-electron chi connectivity index (χ2n) is 11.1. The molecule has 7 rings (SSSR count). The van der Waals surface area contributed by atoms with Gasteiger partial charge >= 0.3 is 0 Å². The van der Waals surface area contributed by atoms with Crippen LogP contribution in [0, 0.1) is 11.8 Å². The molecule has 3 N–H and O–H groups in total. The van der Waals surface area contributed by atoms with E-state index < -0.39 is 5.41 Å². The number of nitrogens with one attached hydrogen (secondary N) is 1. The molecule has 0 aromatic carbocycles. The Labute approximate surface area is 214 Å². The summed E-state index contributed by atoms with van der Waals surface area (Å²) in [4.78, 5) is 31.2. The van der Waals surface area contributed by atoms with E-state index in [0.717, 1.165) is 47.9 Å². The fraction of sp³-hybridized carbons (Fsp3) is 0.444. The molecule has 2 bridgehead atoms. The third kappa shape index (κ3) is 3.61. The number of fused-ring (bicyclic) bond motifs is 4. The molecular formula is C27H31N9O. The van der Waals surface area contributed by atoms with Crippen LogP contribution in [0.25, 0.3) is 27.8 Å². The Morgan fingerprint density at radius 3 is 2.57 bits per heavy atom. The molecule has 4 aromatic heterocycles. The summed E-state index contributed by atoms with van der Waals surface area (Å²) in [6.45, 7) is 4.48. The highest BCUT2D eigenvalue weighted by molar-refractivity contribution is 6.01. The fourth-order valence-corrected chi connectivity index (χ4v) is 6.45. The first-order chi connectivity index (χ1) is 17.9. The van der Waals surface area contributed by atoms with Gasteiger partial charge in [-0.25, -0.2) is 14.5 Å². The lowest BCUT2D eigenvalue weighted by atomic mass is 9.85. The monoisotopic (exact) mass is 497 g/mol. The average Bonchev–Trinajstić information content (AvgIpc) is 3.60. The van der Waals surface area contributed by atoms with Crippen molar-refractivity contribution >= 4 is 33.8 Å². The van der Waals surface area contributed by atoms with Gasteiger partial charge in [0.15, 0.2) is 11.5 Å². The van der Waals surface area contributed by atoms with Crippen LogP contribution in [0.5, 0.6) is 0 Å². The zero-order chi connectivity index (χ0) is 25.3.